The molecule has 2 unspecified atom stereocenters. The molecule has 0 aliphatic carbocycles. The number of unbranched alkanes of at least 4 members (excludes halogenated alkanes) is 4. The van der Waals surface area contributed by atoms with Crippen LogP contribution in [0.5, 0.6) is 5.75 Å². The first kappa shape index (κ1) is 33.0. The van der Waals surface area contributed by atoms with Crippen LogP contribution < -0.4 is 4.74 Å². The van der Waals surface area contributed by atoms with Crippen LogP contribution in [0.1, 0.15) is 138 Å². The van der Waals surface area contributed by atoms with Crippen molar-refractivity contribution in [2.24, 2.45) is 11.8 Å². The molecule has 0 saturated carbocycles. The fourth-order valence-corrected chi connectivity index (χ4v) is 7.13. The fourth-order valence-electron chi connectivity index (χ4n) is 7.13. The Balaban J connectivity index is 3.21. The molecule has 1 rings (SSSR count). The molecule has 0 radical (unpaired) electrons. The summed E-state index contributed by atoms with van der Waals surface area (Å²) < 4.78 is 6.85. The summed E-state index contributed by atoms with van der Waals surface area (Å²) in [4.78, 5) is 0. The Morgan fingerprint density at radius 1 is 0.778 bits per heavy atom. The van der Waals surface area contributed by atoms with Gasteiger partial charge in [0.15, 0.2) is 0 Å². The first-order valence-corrected chi connectivity index (χ1v) is 15.8. The van der Waals surface area contributed by atoms with Crippen LogP contribution >= 0.6 is 0 Å². The highest BCUT2D eigenvalue weighted by Gasteiger charge is 2.48. The molecule has 2 atom stereocenters. The standard InChI is InChI=1S/C34H64NO/c1-9-14-16-20-30(6)28-35(26-11-3,29-31(7)21-17-15-10-2)34(12-4,13-5)25-19-23-32-22-18-24-33(27-32)36-8/h18,22,24,27,30-31H,9-17,19-21,23,25-26,28-29H2,1-8H3/q+1. The van der Waals surface area contributed by atoms with Crippen molar-refractivity contribution in [3.8, 4) is 5.75 Å². The van der Waals surface area contributed by atoms with Gasteiger partial charge in [0.25, 0.3) is 0 Å². The lowest BCUT2D eigenvalue weighted by molar-refractivity contribution is -0.983. The number of hydrogen-bond acceptors (Lipinski definition) is 1. The Morgan fingerprint density at radius 3 is 1.83 bits per heavy atom. The zero-order valence-electron chi connectivity index (χ0n) is 25.8. The highest BCUT2D eigenvalue weighted by molar-refractivity contribution is 5.28. The van der Waals surface area contributed by atoms with Gasteiger partial charge in [-0.15, -0.1) is 0 Å². The Bertz CT molecular complexity index is 647. The highest BCUT2D eigenvalue weighted by Crippen LogP contribution is 2.40. The molecule has 2 nitrogen and oxygen atoms in total. The molecule has 36 heavy (non-hydrogen) atoms. The third-order valence-electron chi connectivity index (χ3n) is 9.14. The average molecular weight is 503 g/mol. The largest absolute Gasteiger partial charge is 0.497 e. The first-order chi connectivity index (χ1) is 17.4. The van der Waals surface area contributed by atoms with E-state index in [0.29, 0.717) is 5.54 Å². The molecular weight excluding hydrogens is 438 g/mol. The van der Waals surface area contributed by atoms with Gasteiger partial charge in [-0.2, -0.15) is 0 Å². The monoisotopic (exact) mass is 502 g/mol. The summed E-state index contributed by atoms with van der Waals surface area (Å²) in [7, 11) is 1.78. The van der Waals surface area contributed by atoms with Crippen LogP contribution in [0.4, 0.5) is 0 Å². The van der Waals surface area contributed by atoms with Gasteiger partial charge in [0, 0.05) is 18.3 Å². The second kappa shape index (κ2) is 18.3. The number of ether oxygens (including phenoxy) is 1. The number of aryl methyl sites for hydroxylation is 1. The zero-order chi connectivity index (χ0) is 26.9. The zero-order valence-corrected chi connectivity index (χ0v) is 25.8. The van der Waals surface area contributed by atoms with E-state index in [-0.39, 0.29) is 0 Å². The van der Waals surface area contributed by atoms with Crippen LogP contribution in [0.25, 0.3) is 0 Å². The van der Waals surface area contributed by atoms with Crippen molar-refractivity contribution in [3.63, 3.8) is 0 Å². The van der Waals surface area contributed by atoms with Crippen molar-refractivity contribution in [1.29, 1.82) is 0 Å². The summed E-state index contributed by atoms with van der Waals surface area (Å²) in [5, 5.41) is 0. The normalized spacial score (nSPS) is 15.4. The second-order valence-corrected chi connectivity index (χ2v) is 12.1. The molecular formula is C34H64NO+. The predicted molar refractivity (Wildman–Crippen MR) is 161 cm³/mol. The molecule has 0 heterocycles. The predicted octanol–water partition coefficient (Wildman–Crippen LogP) is 10.2. The number of methoxy groups -OCH3 is 1. The molecule has 2 heteroatoms. The van der Waals surface area contributed by atoms with E-state index in [9.17, 15) is 0 Å². The number of nitrogens with zero attached hydrogens (tertiary/aromatic N) is 1. The smallest absolute Gasteiger partial charge is 0.119 e. The minimum Gasteiger partial charge on any atom is -0.497 e. The lowest BCUT2D eigenvalue weighted by Gasteiger charge is -2.56. The van der Waals surface area contributed by atoms with Crippen LogP contribution in [0, 0.1) is 11.8 Å². The van der Waals surface area contributed by atoms with Gasteiger partial charge in [0.1, 0.15) is 5.75 Å². The average Bonchev–Trinajstić information content (AvgIpc) is 2.87. The maximum Gasteiger partial charge on any atom is 0.119 e. The van der Waals surface area contributed by atoms with E-state index in [0.717, 1.165) is 24.0 Å². The van der Waals surface area contributed by atoms with Gasteiger partial charge < -0.3 is 9.22 Å². The van der Waals surface area contributed by atoms with Crippen molar-refractivity contribution < 1.29 is 9.22 Å². The number of benzene rings is 1. The van der Waals surface area contributed by atoms with Crippen molar-refractivity contribution >= 4 is 0 Å². The quantitative estimate of drug-likeness (QED) is 0.113. The third kappa shape index (κ3) is 10.4. The summed E-state index contributed by atoms with van der Waals surface area (Å²) in [6, 6.07) is 8.73. The Kier molecular flexibility index (Phi) is 16.7. The summed E-state index contributed by atoms with van der Waals surface area (Å²) in [5.41, 5.74) is 1.80. The number of hydrogen-bond donors (Lipinski definition) is 0. The summed E-state index contributed by atoms with van der Waals surface area (Å²) in [5.74, 6) is 2.60. The van der Waals surface area contributed by atoms with E-state index in [1.165, 1.54) is 113 Å². The fraction of sp³-hybridized carbons (Fsp3) is 0.824. The molecule has 0 amide bonds. The van der Waals surface area contributed by atoms with Crippen LogP contribution in [0.15, 0.2) is 24.3 Å². The van der Waals surface area contributed by atoms with Crippen LogP contribution in [-0.2, 0) is 6.42 Å². The van der Waals surface area contributed by atoms with E-state index < -0.39 is 0 Å². The second-order valence-electron chi connectivity index (χ2n) is 12.1. The Labute approximate surface area is 227 Å². The van der Waals surface area contributed by atoms with E-state index >= 15 is 0 Å². The van der Waals surface area contributed by atoms with Crippen LogP contribution in [0.3, 0.4) is 0 Å². The first-order valence-electron chi connectivity index (χ1n) is 15.8. The SMILES string of the molecule is CCCCCC(C)C[N+](CCC)(CC(C)CCCCC)C(CC)(CC)CCCc1cccc(OC)c1. The molecule has 0 bridgehead atoms. The van der Waals surface area contributed by atoms with Crippen molar-refractivity contribution in [2.45, 2.75) is 144 Å². The van der Waals surface area contributed by atoms with Gasteiger partial charge in [0.2, 0.25) is 0 Å². The van der Waals surface area contributed by atoms with E-state index in [2.05, 4.69) is 72.7 Å². The summed E-state index contributed by atoms with van der Waals surface area (Å²) in [6.45, 7) is 21.3. The van der Waals surface area contributed by atoms with Gasteiger partial charge in [-0.3, -0.25) is 0 Å². The lowest BCUT2D eigenvalue weighted by atomic mass is 9.79. The van der Waals surface area contributed by atoms with Gasteiger partial charge >= 0.3 is 0 Å². The van der Waals surface area contributed by atoms with Gasteiger partial charge in [0.05, 0.1) is 32.3 Å². The highest BCUT2D eigenvalue weighted by atomic mass is 16.5. The summed E-state index contributed by atoms with van der Waals surface area (Å²) in [6.07, 6.45) is 18.7. The summed E-state index contributed by atoms with van der Waals surface area (Å²) >= 11 is 0. The molecule has 0 spiro atoms. The van der Waals surface area contributed by atoms with Crippen molar-refractivity contribution in [2.75, 3.05) is 26.7 Å². The van der Waals surface area contributed by atoms with E-state index in [1.54, 1.807) is 7.11 Å². The molecule has 0 saturated heterocycles. The minimum absolute atomic E-state index is 0.382. The molecule has 1 aromatic carbocycles. The topological polar surface area (TPSA) is 9.23 Å². The van der Waals surface area contributed by atoms with E-state index in [1.807, 2.05) is 0 Å². The Hall–Kier alpha value is -1.02. The van der Waals surface area contributed by atoms with Gasteiger partial charge in [-0.25, -0.2) is 0 Å². The minimum atomic E-state index is 0.382. The third-order valence-corrected chi connectivity index (χ3v) is 9.14. The van der Waals surface area contributed by atoms with Crippen LogP contribution in [0.2, 0.25) is 0 Å². The van der Waals surface area contributed by atoms with Gasteiger partial charge in [-0.05, 0) is 62.6 Å². The number of rotatable bonds is 22. The van der Waals surface area contributed by atoms with Crippen molar-refractivity contribution in [1.82, 2.24) is 0 Å². The Morgan fingerprint density at radius 2 is 1.36 bits per heavy atom. The molecule has 0 N–H and O–H groups in total. The molecule has 0 aromatic heterocycles. The maximum absolute atomic E-state index is 5.50. The van der Waals surface area contributed by atoms with Crippen LogP contribution in [-0.4, -0.2) is 36.8 Å². The molecule has 1 aromatic rings. The molecule has 0 fully saturated rings. The molecule has 210 valence electrons. The van der Waals surface area contributed by atoms with Gasteiger partial charge in [-0.1, -0.05) is 99.1 Å². The maximum atomic E-state index is 5.50. The lowest BCUT2D eigenvalue weighted by Crippen LogP contribution is -2.67. The molecule has 0 aliphatic heterocycles. The molecule has 0 aliphatic rings. The van der Waals surface area contributed by atoms with Crippen molar-refractivity contribution in [3.05, 3.63) is 29.8 Å². The van der Waals surface area contributed by atoms with E-state index in [4.69, 9.17) is 4.74 Å². The number of quaternary nitrogens is 1.